The van der Waals surface area contributed by atoms with Crippen molar-refractivity contribution < 1.29 is 5.11 Å². The lowest BCUT2D eigenvalue weighted by atomic mass is 9.94. The van der Waals surface area contributed by atoms with Crippen molar-refractivity contribution >= 4 is 11.6 Å². The first-order valence-corrected chi connectivity index (χ1v) is 6.36. The third-order valence-corrected chi connectivity index (χ3v) is 3.25. The summed E-state index contributed by atoms with van der Waals surface area (Å²) in [5.74, 6) is 0.539. The molecule has 1 aromatic carbocycles. The maximum atomic E-state index is 10.1. The van der Waals surface area contributed by atoms with Gasteiger partial charge in [0.2, 0.25) is 0 Å². The molecule has 0 heterocycles. The molecule has 0 spiro atoms. The number of benzene rings is 1. The fourth-order valence-electron chi connectivity index (χ4n) is 2.02. The van der Waals surface area contributed by atoms with Crippen LogP contribution in [0.3, 0.4) is 0 Å². The van der Waals surface area contributed by atoms with Gasteiger partial charge in [-0.2, -0.15) is 0 Å². The van der Waals surface area contributed by atoms with Crippen molar-refractivity contribution in [2.45, 2.75) is 46.1 Å². The summed E-state index contributed by atoms with van der Waals surface area (Å²) in [7, 11) is 0. The third kappa shape index (κ3) is 3.80. The molecule has 90 valence electrons. The summed E-state index contributed by atoms with van der Waals surface area (Å²) >= 11 is 6.12. The lowest BCUT2D eigenvalue weighted by Crippen LogP contribution is -2.05. The zero-order valence-electron chi connectivity index (χ0n) is 10.3. The van der Waals surface area contributed by atoms with Gasteiger partial charge in [0.25, 0.3) is 0 Å². The molecule has 0 saturated carbocycles. The van der Waals surface area contributed by atoms with Crippen LogP contribution in [0.15, 0.2) is 18.2 Å². The van der Waals surface area contributed by atoms with Gasteiger partial charge in [-0.15, -0.1) is 0 Å². The van der Waals surface area contributed by atoms with E-state index in [2.05, 4.69) is 13.8 Å². The van der Waals surface area contributed by atoms with Gasteiger partial charge in [-0.25, -0.2) is 0 Å². The molecule has 1 nitrogen and oxygen atoms in total. The van der Waals surface area contributed by atoms with Gasteiger partial charge < -0.3 is 5.11 Å². The van der Waals surface area contributed by atoms with E-state index in [1.807, 2.05) is 25.1 Å². The first kappa shape index (κ1) is 13.5. The Morgan fingerprint density at radius 3 is 2.62 bits per heavy atom. The van der Waals surface area contributed by atoms with E-state index >= 15 is 0 Å². The van der Waals surface area contributed by atoms with Crippen LogP contribution in [0.5, 0.6) is 0 Å². The van der Waals surface area contributed by atoms with Crippen LogP contribution >= 0.6 is 11.6 Å². The molecule has 16 heavy (non-hydrogen) atoms. The average molecular weight is 241 g/mol. The lowest BCUT2D eigenvalue weighted by Gasteiger charge is -2.17. The molecule has 1 rings (SSSR count). The molecule has 0 bridgehead atoms. The molecule has 0 aliphatic heterocycles. The highest BCUT2D eigenvalue weighted by Gasteiger charge is 2.14. The number of halogens is 1. The van der Waals surface area contributed by atoms with Crippen LogP contribution in [0, 0.1) is 12.8 Å². The molecule has 0 aliphatic carbocycles. The maximum absolute atomic E-state index is 10.1. The zero-order valence-corrected chi connectivity index (χ0v) is 11.1. The van der Waals surface area contributed by atoms with Gasteiger partial charge in [-0.1, -0.05) is 50.4 Å². The Kier molecular flexibility index (Phi) is 5.30. The molecule has 0 aromatic heterocycles. The highest BCUT2D eigenvalue weighted by Crippen LogP contribution is 2.29. The predicted molar refractivity (Wildman–Crippen MR) is 69.8 cm³/mol. The van der Waals surface area contributed by atoms with Crippen molar-refractivity contribution in [1.82, 2.24) is 0 Å². The molecule has 0 fully saturated rings. The minimum absolute atomic E-state index is 0.436. The minimum Gasteiger partial charge on any atom is -0.388 e. The Labute approximate surface area is 103 Å². The predicted octanol–water partition coefficient (Wildman–Crippen LogP) is 4.51. The first-order chi connectivity index (χ1) is 7.54. The quantitative estimate of drug-likeness (QED) is 0.803. The minimum atomic E-state index is -0.436. The molecule has 0 aliphatic rings. The summed E-state index contributed by atoms with van der Waals surface area (Å²) in [5, 5.41) is 10.8. The van der Waals surface area contributed by atoms with Gasteiger partial charge in [0.15, 0.2) is 0 Å². The highest BCUT2D eigenvalue weighted by atomic mass is 35.5. The molecule has 0 radical (unpaired) electrons. The van der Waals surface area contributed by atoms with Gasteiger partial charge in [0.05, 0.1) is 6.10 Å². The van der Waals surface area contributed by atoms with E-state index in [0.717, 1.165) is 30.4 Å². The number of aryl methyl sites for hydroxylation is 1. The summed E-state index contributed by atoms with van der Waals surface area (Å²) in [6.45, 7) is 6.35. The summed E-state index contributed by atoms with van der Waals surface area (Å²) in [5.41, 5.74) is 1.98. The summed E-state index contributed by atoms with van der Waals surface area (Å²) < 4.78 is 0. The van der Waals surface area contributed by atoms with Crippen molar-refractivity contribution in [3.8, 4) is 0 Å². The second-order valence-corrected chi connectivity index (χ2v) is 5.08. The van der Waals surface area contributed by atoms with Crippen molar-refractivity contribution in [3.63, 3.8) is 0 Å². The maximum Gasteiger partial charge on any atom is 0.0807 e. The molecule has 2 unspecified atom stereocenters. The second-order valence-electron chi connectivity index (χ2n) is 4.67. The highest BCUT2D eigenvalue weighted by molar-refractivity contribution is 6.31. The van der Waals surface area contributed by atoms with Crippen molar-refractivity contribution in [2.24, 2.45) is 5.92 Å². The smallest absolute Gasteiger partial charge is 0.0807 e. The monoisotopic (exact) mass is 240 g/mol. The standard InChI is InChI=1S/C14H21ClO/c1-4-5-10(2)9-14(16)12-7-6-11(3)8-13(12)15/h6-8,10,14,16H,4-5,9H2,1-3H3. The Morgan fingerprint density at radius 2 is 2.06 bits per heavy atom. The van der Waals surface area contributed by atoms with Crippen LogP contribution in [0.4, 0.5) is 0 Å². The first-order valence-electron chi connectivity index (χ1n) is 5.98. The van der Waals surface area contributed by atoms with E-state index in [1.165, 1.54) is 0 Å². The summed E-state index contributed by atoms with van der Waals surface area (Å²) in [6, 6.07) is 5.83. The van der Waals surface area contributed by atoms with Crippen LogP contribution in [-0.4, -0.2) is 5.11 Å². The zero-order chi connectivity index (χ0) is 12.1. The normalized spacial score (nSPS) is 14.8. The van der Waals surface area contributed by atoms with Gasteiger partial charge in [-0.05, 0) is 36.5 Å². The van der Waals surface area contributed by atoms with E-state index in [1.54, 1.807) is 0 Å². The number of aliphatic hydroxyl groups excluding tert-OH is 1. The Hall–Kier alpha value is -0.530. The van der Waals surface area contributed by atoms with E-state index in [9.17, 15) is 5.11 Å². The van der Waals surface area contributed by atoms with Gasteiger partial charge in [-0.3, -0.25) is 0 Å². The number of hydrogen-bond acceptors (Lipinski definition) is 1. The van der Waals surface area contributed by atoms with Gasteiger partial charge in [0.1, 0.15) is 0 Å². The fraction of sp³-hybridized carbons (Fsp3) is 0.571. The molecule has 1 N–H and O–H groups in total. The SMILES string of the molecule is CCCC(C)CC(O)c1ccc(C)cc1Cl. The molecule has 2 heteroatoms. The van der Waals surface area contributed by atoms with Crippen LogP contribution in [0.25, 0.3) is 0 Å². The van der Waals surface area contributed by atoms with Crippen molar-refractivity contribution in [2.75, 3.05) is 0 Å². The van der Waals surface area contributed by atoms with Crippen molar-refractivity contribution in [3.05, 3.63) is 34.3 Å². The summed E-state index contributed by atoms with van der Waals surface area (Å²) in [4.78, 5) is 0. The Morgan fingerprint density at radius 1 is 1.38 bits per heavy atom. The lowest BCUT2D eigenvalue weighted by molar-refractivity contribution is 0.145. The van der Waals surface area contributed by atoms with Crippen LogP contribution in [0.2, 0.25) is 5.02 Å². The van der Waals surface area contributed by atoms with E-state index in [-0.39, 0.29) is 0 Å². The van der Waals surface area contributed by atoms with Crippen molar-refractivity contribution in [1.29, 1.82) is 0 Å². The Bertz CT molecular complexity index is 336. The Balaban J connectivity index is 2.69. The molecular weight excluding hydrogens is 220 g/mol. The molecular formula is C14H21ClO. The number of aliphatic hydroxyl groups is 1. The average Bonchev–Trinajstić information content (AvgIpc) is 2.17. The third-order valence-electron chi connectivity index (χ3n) is 2.92. The molecule has 0 amide bonds. The van der Waals surface area contributed by atoms with Gasteiger partial charge >= 0.3 is 0 Å². The van der Waals surface area contributed by atoms with Gasteiger partial charge in [0, 0.05) is 5.02 Å². The fourth-order valence-corrected chi connectivity index (χ4v) is 2.38. The largest absolute Gasteiger partial charge is 0.388 e. The van der Waals surface area contributed by atoms with Crippen LogP contribution in [0.1, 0.15) is 50.3 Å². The van der Waals surface area contributed by atoms with Crippen LogP contribution in [-0.2, 0) is 0 Å². The number of rotatable bonds is 5. The molecule has 0 saturated heterocycles. The van der Waals surface area contributed by atoms with Crippen LogP contribution < -0.4 is 0 Å². The topological polar surface area (TPSA) is 20.2 Å². The van der Waals surface area contributed by atoms with E-state index in [4.69, 9.17) is 11.6 Å². The molecule has 1 aromatic rings. The van der Waals surface area contributed by atoms with E-state index in [0.29, 0.717) is 10.9 Å². The van der Waals surface area contributed by atoms with E-state index < -0.39 is 6.10 Å². The second kappa shape index (κ2) is 6.27. The summed E-state index contributed by atoms with van der Waals surface area (Å²) in [6.07, 6.45) is 2.67. The molecule has 2 atom stereocenters. The number of hydrogen-bond donors (Lipinski definition) is 1.